The number of benzene rings is 2. The lowest BCUT2D eigenvalue weighted by molar-refractivity contribution is -0.119. The van der Waals surface area contributed by atoms with Gasteiger partial charge in [0.05, 0.1) is 5.56 Å². The number of amides is 1. The largest absolute Gasteiger partial charge is 0.452 e. The molecule has 0 bridgehead atoms. The fourth-order valence-corrected chi connectivity index (χ4v) is 2.28. The number of ether oxygens (including phenoxy) is 1. The van der Waals surface area contributed by atoms with Gasteiger partial charge in [0.2, 0.25) is 0 Å². The predicted molar refractivity (Wildman–Crippen MR) is 88.9 cm³/mol. The summed E-state index contributed by atoms with van der Waals surface area (Å²) in [6, 6.07) is 9.56. The van der Waals surface area contributed by atoms with Crippen LogP contribution >= 0.6 is 15.9 Å². The highest BCUT2D eigenvalue weighted by molar-refractivity contribution is 9.10. The lowest BCUT2D eigenvalue weighted by Crippen LogP contribution is -2.21. The molecule has 0 aromatic heterocycles. The van der Waals surface area contributed by atoms with Gasteiger partial charge in [0.1, 0.15) is 5.82 Å². The summed E-state index contributed by atoms with van der Waals surface area (Å²) in [7, 11) is 0. The smallest absolute Gasteiger partial charge is 0.341 e. The van der Waals surface area contributed by atoms with E-state index in [0.717, 1.165) is 17.2 Å². The average molecular weight is 380 g/mol. The first-order valence-electron chi connectivity index (χ1n) is 6.86. The first kappa shape index (κ1) is 17.1. The number of halogens is 2. The molecule has 0 unspecified atom stereocenters. The number of rotatable bonds is 4. The summed E-state index contributed by atoms with van der Waals surface area (Å²) in [5.41, 5.74) is 2.33. The Labute approximate surface area is 141 Å². The molecule has 120 valence electrons. The minimum atomic E-state index is -0.889. The molecule has 2 rings (SSSR count). The van der Waals surface area contributed by atoms with E-state index < -0.39 is 24.3 Å². The molecule has 4 nitrogen and oxygen atoms in total. The summed E-state index contributed by atoms with van der Waals surface area (Å²) in [5.74, 6) is -2.07. The second-order valence-corrected chi connectivity index (χ2v) is 5.98. The van der Waals surface area contributed by atoms with Crippen LogP contribution in [-0.4, -0.2) is 18.5 Å². The van der Waals surface area contributed by atoms with Crippen molar-refractivity contribution in [2.75, 3.05) is 11.9 Å². The van der Waals surface area contributed by atoms with Gasteiger partial charge in [0.15, 0.2) is 6.61 Å². The van der Waals surface area contributed by atoms with Crippen LogP contribution in [0.5, 0.6) is 0 Å². The van der Waals surface area contributed by atoms with Crippen molar-refractivity contribution in [3.05, 3.63) is 63.4 Å². The molecule has 0 atom stereocenters. The molecular formula is C17H15BrFNO3. The Hall–Kier alpha value is -2.21. The number of esters is 1. The third kappa shape index (κ3) is 4.63. The van der Waals surface area contributed by atoms with Crippen molar-refractivity contribution < 1.29 is 18.7 Å². The first-order chi connectivity index (χ1) is 10.9. The maximum atomic E-state index is 13.6. The molecule has 0 aliphatic rings. The standard InChI is InChI=1S/C17H15BrFNO3/c1-10-3-4-11(2)15(7-10)20-16(21)9-23-17(22)13-8-12(18)5-6-14(13)19/h3-8H,9H2,1-2H3,(H,20,21). The molecular weight excluding hydrogens is 365 g/mol. The van der Waals surface area contributed by atoms with Crippen molar-refractivity contribution >= 4 is 33.5 Å². The molecule has 1 amide bonds. The molecule has 0 heterocycles. The normalized spacial score (nSPS) is 10.3. The minimum Gasteiger partial charge on any atom is -0.452 e. The van der Waals surface area contributed by atoms with Gasteiger partial charge in [0, 0.05) is 10.2 Å². The van der Waals surface area contributed by atoms with Crippen molar-refractivity contribution in [1.29, 1.82) is 0 Å². The number of carbonyl (C=O) groups excluding carboxylic acids is 2. The summed E-state index contributed by atoms with van der Waals surface area (Å²) in [6.45, 7) is 3.28. The zero-order valence-corrected chi connectivity index (χ0v) is 14.2. The van der Waals surface area contributed by atoms with Crippen LogP contribution in [0.1, 0.15) is 21.5 Å². The van der Waals surface area contributed by atoms with E-state index >= 15 is 0 Å². The van der Waals surface area contributed by atoms with Crippen molar-refractivity contribution in [2.45, 2.75) is 13.8 Å². The molecule has 2 aromatic carbocycles. The van der Waals surface area contributed by atoms with Crippen LogP contribution in [0.4, 0.5) is 10.1 Å². The fourth-order valence-electron chi connectivity index (χ4n) is 1.92. The molecule has 0 aliphatic heterocycles. The lowest BCUT2D eigenvalue weighted by atomic mass is 10.1. The highest BCUT2D eigenvalue weighted by Gasteiger charge is 2.15. The molecule has 0 fully saturated rings. The van der Waals surface area contributed by atoms with Gasteiger partial charge in [-0.1, -0.05) is 28.1 Å². The van der Waals surface area contributed by atoms with Gasteiger partial charge < -0.3 is 10.1 Å². The Morgan fingerprint density at radius 2 is 1.91 bits per heavy atom. The van der Waals surface area contributed by atoms with Crippen LogP contribution in [-0.2, 0) is 9.53 Å². The molecule has 0 spiro atoms. The Kier molecular flexibility index (Phi) is 5.50. The highest BCUT2D eigenvalue weighted by Crippen LogP contribution is 2.17. The van der Waals surface area contributed by atoms with E-state index in [1.165, 1.54) is 12.1 Å². The van der Waals surface area contributed by atoms with Crippen LogP contribution in [0.3, 0.4) is 0 Å². The van der Waals surface area contributed by atoms with Crippen molar-refractivity contribution in [3.63, 3.8) is 0 Å². The van der Waals surface area contributed by atoms with Crippen LogP contribution in [0.2, 0.25) is 0 Å². The van der Waals surface area contributed by atoms with Crippen molar-refractivity contribution in [2.24, 2.45) is 0 Å². The number of hydrogen-bond donors (Lipinski definition) is 1. The van der Waals surface area contributed by atoms with Crippen LogP contribution < -0.4 is 5.32 Å². The van der Waals surface area contributed by atoms with Crippen LogP contribution in [0.25, 0.3) is 0 Å². The molecule has 0 saturated carbocycles. The number of carbonyl (C=O) groups is 2. The second kappa shape index (κ2) is 7.37. The molecule has 0 saturated heterocycles. The molecule has 2 aromatic rings. The second-order valence-electron chi connectivity index (χ2n) is 5.07. The van der Waals surface area contributed by atoms with Gasteiger partial charge >= 0.3 is 5.97 Å². The molecule has 1 N–H and O–H groups in total. The van der Waals surface area contributed by atoms with Gasteiger partial charge in [-0.25, -0.2) is 9.18 Å². The Morgan fingerprint density at radius 1 is 1.17 bits per heavy atom. The Morgan fingerprint density at radius 3 is 2.65 bits per heavy atom. The molecule has 6 heteroatoms. The molecule has 0 aliphatic carbocycles. The van der Waals surface area contributed by atoms with Crippen molar-refractivity contribution in [3.8, 4) is 0 Å². The number of anilines is 1. The topological polar surface area (TPSA) is 55.4 Å². The van der Waals surface area contributed by atoms with E-state index in [0.29, 0.717) is 10.2 Å². The van der Waals surface area contributed by atoms with E-state index in [1.807, 2.05) is 32.0 Å². The Balaban J connectivity index is 1.97. The van der Waals surface area contributed by atoms with Gasteiger partial charge in [-0.05, 0) is 49.2 Å². The highest BCUT2D eigenvalue weighted by atomic mass is 79.9. The van der Waals surface area contributed by atoms with Gasteiger partial charge in [-0.2, -0.15) is 0 Å². The van der Waals surface area contributed by atoms with Gasteiger partial charge in [-0.15, -0.1) is 0 Å². The summed E-state index contributed by atoms with van der Waals surface area (Å²) in [4.78, 5) is 23.7. The SMILES string of the molecule is Cc1ccc(C)c(NC(=O)COC(=O)c2cc(Br)ccc2F)c1. The fraction of sp³-hybridized carbons (Fsp3) is 0.176. The third-order valence-corrected chi connectivity index (χ3v) is 3.64. The summed E-state index contributed by atoms with van der Waals surface area (Å²) < 4.78 is 19.0. The zero-order valence-electron chi connectivity index (χ0n) is 12.7. The monoisotopic (exact) mass is 379 g/mol. The van der Waals surface area contributed by atoms with Gasteiger partial charge in [-0.3, -0.25) is 4.79 Å². The van der Waals surface area contributed by atoms with E-state index in [2.05, 4.69) is 21.2 Å². The number of hydrogen-bond acceptors (Lipinski definition) is 3. The quantitative estimate of drug-likeness (QED) is 0.816. The third-order valence-electron chi connectivity index (χ3n) is 3.15. The van der Waals surface area contributed by atoms with E-state index in [4.69, 9.17) is 4.74 Å². The van der Waals surface area contributed by atoms with Crippen molar-refractivity contribution in [1.82, 2.24) is 0 Å². The summed E-state index contributed by atoms with van der Waals surface area (Å²) >= 11 is 3.15. The number of nitrogens with one attached hydrogen (secondary N) is 1. The van der Waals surface area contributed by atoms with E-state index in [1.54, 1.807) is 0 Å². The van der Waals surface area contributed by atoms with E-state index in [9.17, 15) is 14.0 Å². The van der Waals surface area contributed by atoms with E-state index in [-0.39, 0.29) is 5.56 Å². The maximum absolute atomic E-state index is 13.6. The lowest BCUT2D eigenvalue weighted by Gasteiger charge is -2.10. The van der Waals surface area contributed by atoms with Crippen LogP contribution in [0.15, 0.2) is 40.9 Å². The summed E-state index contributed by atoms with van der Waals surface area (Å²) in [6.07, 6.45) is 0. The first-order valence-corrected chi connectivity index (χ1v) is 7.65. The summed E-state index contributed by atoms with van der Waals surface area (Å²) in [5, 5.41) is 2.66. The number of aryl methyl sites for hydroxylation is 2. The predicted octanol–water partition coefficient (Wildman–Crippen LogP) is 4.00. The zero-order chi connectivity index (χ0) is 17.0. The van der Waals surface area contributed by atoms with Gasteiger partial charge in [0.25, 0.3) is 5.91 Å². The molecule has 23 heavy (non-hydrogen) atoms. The average Bonchev–Trinajstić information content (AvgIpc) is 2.51. The maximum Gasteiger partial charge on any atom is 0.341 e. The Bertz CT molecular complexity index is 761. The van der Waals surface area contributed by atoms with Crippen LogP contribution in [0, 0.1) is 19.7 Å². The molecule has 0 radical (unpaired) electrons. The minimum absolute atomic E-state index is 0.223.